The van der Waals surface area contributed by atoms with Crippen LogP contribution in [0.3, 0.4) is 0 Å². The average Bonchev–Trinajstić information content (AvgIpc) is 2.47. The van der Waals surface area contributed by atoms with Crippen molar-refractivity contribution >= 4 is 28.3 Å². The normalized spacial score (nSPS) is 27.0. The van der Waals surface area contributed by atoms with Crippen molar-refractivity contribution in [1.29, 1.82) is 0 Å². The van der Waals surface area contributed by atoms with Gasteiger partial charge in [-0.2, -0.15) is 0 Å². The van der Waals surface area contributed by atoms with Crippen LogP contribution in [0, 0.1) is 0 Å². The van der Waals surface area contributed by atoms with Gasteiger partial charge in [-0.3, -0.25) is 0 Å². The maximum Gasteiger partial charge on any atom is 0.137 e. The fourth-order valence-corrected chi connectivity index (χ4v) is 3.35. The van der Waals surface area contributed by atoms with E-state index >= 15 is 0 Å². The Hall–Kier alpha value is -0.540. The van der Waals surface area contributed by atoms with Crippen LogP contribution in [0.2, 0.25) is 0 Å². The molecule has 1 aliphatic rings. The molecule has 0 saturated carbocycles. The molecule has 1 aliphatic heterocycles. The lowest BCUT2D eigenvalue weighted by Gasteiger charge is -2.20. The van der Waals surface area contributed by atoms with Gasteiger partial charge in [0.25, 0.3) is 0 Å². The molecule has 0 amide bonds. The summed E-state index contributed by atoms with van der Waals surface area (Å²) in [6.45, 7) is 2.23. The Kier molecular flexibility index (Phi) is 2.79. The predicted octanol–water partition coefficient (Wildman–Crippen LogP) is 3.08. The number of thioether (sulfide) groups is 1. The first-order valence-electron chi connectivity index (χ1n) is 4.68. The molecule has 1 nitrogen and oxygen atoms in total. The van der Waals surface area contributed by atoms with E-state index < -0.39 is 0 Å². The topological polar surface area (TPSA) is 3.24 Å². The van der Waals surface area contributed by atoms with Crippen molar-refractivity contribution in [2.75, 3.05) is 7.05 Å². The number of thiocarbonyl (C=S) groups is 1. The lowest BCUT2D eigenvalue weighted by molar-refractivity contribution is 0.409. The van der Waals surface area contributed by atoms with E-state index in [1.165, 1.54) is 5.56 Å². The largest absolute Gasteiger partial charge is 0.356 e. The second kappa shape index (κ2) is 3.91. The molecule has 0 aliphatic carbocycles. The van der Waals surface area contributed by atoms with Crippen molar-refractivity contribution in [2.45, 2.75) is 18.2 Å². The van der Waals surface area contributed by atoms with Crippen molar-refractivity contribution in [3.63, 3.8) is 0 Å². The van der Waals surface area contributed by atoms with Crippen LogP contribution in [0.1, 0.15) is 17.7 Å². The van der Waals surface area contributed by atoms with Crippen molar-refractivity contribution in [1.82, 2.24) is 4.90 Å². The van der Waals surface area contributed by atoms with E-state index in [-0.39, 0.29) is 0 Å². The maximum absolute atomic E-state index is 5.28. The molecule has 0 bridgehead atoms. The summed E-state index contributed by atoms with van der Waals surface area (Å²) in [4.78, 5) is 2.18. The quantitative estimate of drug-likeness (QED) is 0.674. The maximum atomic E-state index is 5.28. The van der Waals surface area contributed by atoms with Crippen LogP contribution in [0.5, 0.6) is 0 Å². The Balaban J connectivity index is 2.26. The molecule has 1 aromatic carbocycles. The average molecular weight is 223 g/mol. The molecule has 1 saturated heterocycles. The van der Waals surface area contributed by atoms with E-state index in [1.807, 2.05) is 0 Å². The van der Waals surface area contributed by atoms with Crippen LogP contribution in [0.25, 0.3) is 0 Å². The molecule has 2 rings (SSSR count). The molecule has 0 radical (unpaired) electrons. The highest BCUT2D eigenvalue weighted by Crippen LogP contribution is 2.42. The number of nitrogens with zero attached hydrogens (tertiary/aromatic N) is 1. The molecule has 1 heterocycles. The van der Waals surface area contributed by atoms with Crippen molar-refractivity contribution < 1.29 is 0 Å². The van der Waals surface area contributed by atoms with Gasteiger partial charge in [0.05, 0.1) is 5.25 Å². The Morgan fingerprint density at radius 1 is 1.29 bits per heavy atom. The summed E-state index contributed by atoms with van der Waals surface area (Å²) < 4.78 is 1.01. The number of likely N-dealkylation sites (N-methyl/N-ethyl adjacent to an activating group) is 1. The Bertz CT molecular complexity index is 336. The van der Waals surface area contributed by atoms with E-state index in [1.54, 1.807) is 11.8 Å². The molecule has 1 fully saturated rings. The SMILES string of the molecule is C[C@H]1[C@H](c2ccccc2)SC(=S)N1C. The Morgan fingerprint density at radius 2 is 1.93 bits per heavy atom. The minimum absolute atomic E-state index is 0.494. The summed E-state index contributed by atoms with van der Waals surface area (Å²) in [5.74, 6) is 0. The minimum atomic E-state index is 0.494. The summed E-state index contributed by atoms with van der Waals surface area (Å²) in [6, 6.07) is 11.1. The van der Waals surface area contributed by atoms with E-state index in [0.717, 1.165) is 4.32 Å². The molecule has 1 aromatic rings. The van der Waals surface area contributed by atoms with Gasteiger partial charge in [0.1, 0.15) is 4.32 Å². The number of benzene rings is 1. The Labute approximate surface area is 94.5 Å². The van der Waals surface area contributed by atoms with Crippen LogP contribution in [0.4, 0.5) is 0 Å². The van der Waals surface area contributed by atoms with Gasteiger partial charge >= 0.3 is 0 Å². The molecule has 0 N–H and O–H groups in total. The summed E-state index contributed by atoms with van der Waals surface area (Å²) in [5.41, 5.74) is 1.37. The standard InChI is InChI=1S/C11H13NS2/c1-8-10(14-11(13)12(8)2)9-6-4-3-5-7-9/h3-8,10H,1-2H3/t8-,10+/m0/s1. The second-order valence-corrected chi connectivity index (χ2v) is 5.34. The predicted molar refractivity (Wildman–Crippen MR) is 66.6 cm³/mol. The molecular formula is C11H13NS2. The highest BCUT2D eigenvalue weighted by atomic mass is 32.2. The van der Waals surface area contributed by atoms with Crippen LogP contribution < -0.4 is 0 Å². The molecule has 74 valence electrons. The minimum Gasteiger partial charge on any atom is -0.356 e. The molecular weight excluding hydrogens is 210 g/mol. The first kappa shape index (κ1) is 9.99. The van der Waals surface area contributed by atoms with E-state index in [0.29, 0.717) is 11.3 Å². The van der Waals surface area contributed by atoms with Crippen LogP contribution in [0.15, 0.2) is 30.3 Å². The summed E-state index contributed by atoms with van der Waals surface area (Å²) >= 11 is 7.08. The van der Waals surface area contributed by atoms with Crippen molar-refractivity contribution in [2.24, 2.45) is 0 Å². The first-order chi connectivity index (χ1) is 6.70. The summed E-state index contributed by atoms with van der Waals surface area (Å²) in [5, 5.41) is 0.494. The van der Waals surface area contributed by atoms with Gasteiger partial charge in [-0.1, -0.05) is 54.3 Å². The van der Waals surface area contributed by atoms with Crippen LogP contribution >= 0.6 is 24.0 Å². The van der Waals surface area contributed by atoms with Crippen LogP contribution in [-0.2, 0) is 0 Å². The van der Waals surface area contributed by atoms with Gasteiger partial charge in [-0.25, -0.2) is 0 Å². The highest BCUT2D eigenvalue weighted by molar-refractivity contribution is 8.23. The van der Waals surface area contributed by atoms with E-state index in [2.05, 4.69) is 49.2 Å². The van der Waals surface area contributed by atoms with Crippen molar-refractivity contribution in [3.8, 4) is 0 Å². The van der Waals surface area contributed by atoms with Gasteiger partial charge in [0.15, 0.2) is 0 Å². The van der Waals surface area contributed by atoms with Crippen LogP contribution in [-0.4, -0.2) is 22.3 Å². The smallest absolute Gasteiger partial charge is 0.137 e. The second-order valence-electron chi connectivity index (χ2n) is 3.57. The molecule has 0 aromatic heterocycles. The fourth-order valence-electron chi connectivity index (χ4n) is 1.65. The molecule has 2 atom stereocenters. The molecule has 14 heavy (non-hydrogen) atoms. The van der Waals surface area contributed by atoms with Gasteiger partial charge in [0.2, 0.25) is 0 Å². The highest BCUT2D eigenvalue weighted by Gasteiger charge is 2.33. The third kappa shape index (κ3) is 1.66. The zero-order valence-corrected chi connectivity index (χ0v) is 9.94. The zero-order chi connectivity index (χ0) is 10.1. The number of hydrogen-bond donors (Lipinski definition) is 0. The van der Waals surface area contributed by atoms with E-state index in [9.17, 15) is 0 Å². The third-order valence-electron chi connectivity index (χ3n) is 2.69. The monoisotopic (exact) mass is 223 g/mol. The lowest BCUT2D eigenvalue weighted by Crippen LogP contribution is -2.27. The number of hydrogen-bond acceptors (Lipinski definition) is 2. The van der Waals surface area contributed by atoms with Crippen molar-refractivity contribution in [3.05, 3.63) is 35.9 Å². The summed E-state index contributed by atoms with van der Waals surface area (Å²) in [7, 11) is 2.07. The Morgan fingerprint density at radius 3 is 2.43 bits per heavy atom. The lowest BCUT2D eigenvalue weighted by atomic mass is 10.1. The van der Waals surface area contributed by atoms with Gasteiger partial charge in [0, 0.05) is 13.1 Å². The van der Waals surface area contributed by atoms with Gasteiger partial charge in [-0.15, -0.1) is 0 Å². The van der Waals surface area contributed by atoms with E-state index in [4.69, 9.17) is 12.2 Å². The summed E-state index contributed by atoms with van der Waals surface area (Å²) in [6.07, 6.45) is 0. The zero-order valence-electron chi connectivity index (χ0n) is 8.31. The molecule has 0 unspecified atom stereocenters. The van der Waals surface area contributed by atoms with Gasteiger partial charge in [-0.05, 0) is 12.5 Å². The molecule has 0 spiro atoms. The third-order valence-corrected chi connectivity index (χ3v) is 4.68. The van der Waals surface area contributed by atoms with Gasteiger partial charge < -0.3 is 4.90 Å². The first-order valence-corrected chi connectivity index (χ1v) is 5.97. The number of rotatable bonds is 1. The molecule has 3 heteroatoms. The fraction of sp³-hybridized carbons (Fsp3) is 0.364.